The van der Waals surface area contributed by atoms with Gasteiger partial charge in [0.1, 0.15) is 0 Å². The lowest BCUT2D eigenvalue weighted by Crippen LogP contribution is -2.43. The van der Waals surface area contributed by atoms with Crippen LogP contribution in [-0.4, -0.2) is 44.8 Å². The lowest BCUT2D eigenvalue weighted by atomic mass is 10.1. The molecule has 0 fully saturated rings. The Hall–Kier alpha value is -0.900. The largest absolute Gasteiger partial charge is 0.383 e. The maximum Gasteiger partial charge on any atom is 0.0630 e. The fraction of sp³-hybridized carbons (Fsp3) is 0.625. The van der Waals surface area contributed by atoms with Crippen LogP contribution in [0.15, 0.2) is 24.3 Å². The van der Waals surface area contributed by atoms with Crippen LogP contribution in [0.4, 0.5) is 0 Å². The Balaban J connectivity index is 2.55. The number of hydrogen-bond acceptors (Lipinski definition) is 3. The second-order valence-electron chi connectivity index (χ2n) is 5.15. The second-order valence-corrected chi connectivity index (χ2v) is 5.15. The number of hydrogen-bond donors (Lipinski definition) is 1. The molecule has 0 radical (unpaired) electrons. The van der Waals surface area contributed by atoms with E-state index in [4.69, 9.17) is 4.74 Å². The maximum atomic E-state index is 5.34. The van der Waals surface area contributed by atoms with E-state index < -0.39 is 0 Å². The van der Waals surface area contributed by atoms with Gasteiger partial charge in [-0.25, -0.2) is 0 Å². The number of nitrogens with zero attached hydrogens (tertiary/aromatic N) is 1. The normalized spacial score (nSPS) is 12.9. The highest BCUT2D eigenvalue weighted by Gasteiger charge is 2.15. The van der Waals surface area contributed by atoms with E-state index in [9.17, 15) is 0 Å². The molecule has 1 unspecified atom stereocenters. The summed E-state index contributed by atoms with van der Waals surface area (Å²) >= 11 is 0. The van der Waals surface area contributed by atoms with E-state index in [0.29, 0.717) is 6.04 Å². The van der Waals surface area contributed by atoms with Gasteiger partial charge in [0.15, 0.2) is 0 Å². The van der Waals surface area contributed by atoms with E-state index in [-0.39, 0.29) is 0 Å². The Bertz CT molecular complexity index is 354. The molecule has 0 aromatic heterocycles. The van der Waals surface area contributed by atoms with Crippen molar-refractivity contribution < 1.29 is 4.74 Å². The van der Waals surface area contributed by atoms with Crippen molar-refractivity contribution in [1.82, 2.24) is 10.2 Å². The van der Waals surface area contributed by atoms with Gasteiger partial charge in [-0.15, -0.1) is 0 Å². The Kier molecular flexibility index (Phi) is 7.72. The summed E-state index contributed by atoms with van der Waals surface area (Å²) in [5, 5.41) is 3.48. The standard InChI is InChI=1S/C16H28N2O/c1-5-10-17-11-16(13-19-4)18(3)12-15-9-7-6-8-14(15)2/h6-9,16-17H,5,10-13H2,1-4H3. The Morgan fingerprint density at radius 3 is 2.68 bits per heavy atom. The van der Waals surface area contributed by atoms with E-state index in [1.807, 2.05) is 0 Å². The van der Waals surface area contributed by atoms with Crippen LogP contribution >= 0.6 is 0 Å². The zero-order chi connectivity index (χ0) is 14.1. The number of rotatable bonds is 9. The van der Waals surface area contributed by atoms with Crippen LogP contribution in [0.2, 0.25) is 0 Å². The molecule has 0 saturated heterocycles. The first kappa shape index (κ1) is 16.2. The van der Waals surface area contributed by atoms with Crippen molar-refractivity contribution in [3.8, 4) is 0 Å². The van der Waals surface area contributed by atoms with Crippen LogP contribution in [0.5, 0.6) is 0 Å². The molecule has 1 N–H and O–H groups in total. The first-order chi connectivity index (χ1) is 9.19. The molecule has 1 aromatic rings. The second kappa shape index (κ2) is 9.08. The summed E-state index contributed by atoms with van der Waals surface area (Å²) in [7, 11) is 3.94. The van der Waals surface area contributed by atoms with Crippen LogP contribution in [0.3, 0.4) is 0 Å². The van der Waals surface area contributed by atoms with Gasteiger partial charge in [0.2, 0.25) is 0 Å². The van der Waals surface area contributed by atoms with E-state index >= 15 is 0 Å². The highest BCUT2D eigenvalue weighted by Crippen LogP contribution is 2.11. The summed E-state index contributed by atoms with van der Waals surface area (Å²) in [6.07, 6.45) is 1.17. The summed E-state index contributed by atoms with van der Waals surface area (Å²) in [4.78, 5) is 2.37. The van der Waals surface area contributed by atoms with Gasteiger partial charge in [-0.1, -0.05) is 31.2 Å². The molecule has 1 aromatic carbocycles. The summed E-state index contributed by atoms with van der Waals surface area (Å²) in [6.45, 7) is 8.13. The Labute approximate surface area is 118 Å². The third-order valence-corrected chi connectivity index (χ3v) is 3.47. The first-order valence-corrected chi connectivity index (χ1v) is 7.13. The minimum absolute atomic E-state index is 0.413. The minimum Gasteiger partial charge on any atom is -0.383 e. The average Bonchev–Trinajstić information content (AvgIpc) is 2.40. The van der Waals surface area contributed by atoms with Crippen LogP contribution in [0.25, 0.3) is 0 Å². The first-order valence-electron chi connectivity index (χ1n) is 7.13. The fourth-order valence-corrected chi connectivity index (χ4v) is 2.17. The van der Waals surface area contributed by atoms with Crippen molar-refractivity contribution in [2.45, 2.75) is 32.9 Å². The van der Waals surface area contributed by atoms with Crippen LogP contribution in [0, 0.1) is 6.92 Å². The van der Waals surface area contributed by atoms with E-state index in [1.165, 1.54) is 17.5 Å². The van der Waals surface area contributed by atoms with Gasteiger partial charge in [-0.3, -0.25) is 4.90 Å². The van der Waals surface area contributed by atoms with Gasteiger partial charge in [0.05, 0.1) is 6.61 Å². The van der Waals surface area contributed by atoms with Crippen molar-refractivity contribution in [3.05, 3.63) is 35.4 Å². The number of nitrogens with one attached hydrogen (secondary N) is 1. The smallest absolute Gasteiger partial charge is 0.0630 e. The lowest BCUT2D eigenvalue weighted by molar-refractivity contribution is 0.101. The Morgan fingerprint density at radius 2 is 2.05 bits per heavy atom. The third kappa shape index (κ3) is 5.72. The average molecular weight is 264 g/mol. The number of aryl methyl sites for hydroxylation is 1. The zero-order valence-corrected chi connectivity index (χ0v) is 12.8. The molecule has 0 saturated carbocycles. The van der Waals surface area contributed by atoms with Crippen molar-refractivity contribution >= 4 is 0 Å². The van der Waals surface area contributed by atoms with E-state index in [2.05, 4.69) is 55.4 Å². The molecule has 0 amide bonds. The molecule has 19 heavy (non-hydrogen) atoms. The third-order valence-electron chi connectivity index (χ3n) is 3.47. The molecule has 3 heteroatoms. The highest BCUT2D eigenvalue weighted by molar-refractivity contribution is 5.25. The van der Waals surface area contributed by atoms with Gasteiger partial charge >= 0.3 is 0 Å². The maximum absolute atomic E-state index is 5.34. The lowest BCUT2D eigenvalue weighted by Gasteiger charge is -2.28. The molecule has 108 valence electrons. The van der Waals surface area contributed by atoms with Gasteiger partial charge in [-0.05, 0) is 38.1 Å². The topological polar surface area (TPSA) is 24.5 Å². The highest BCUT2D eigenvalue weighted by atomic mass is 16.5. The van der Waals surface area contributed by atoms with Crippen molar-refractivity contribution in [2.75, 3.05) is 33.9 Å². The number of methoxy groups -OCH3 is 1. The predicted octanol–water partition coefficient (Wildman–Crippen LogP) is 2.44. The number of likely N-dealkylation sites (N-methyl/N-ethyl adjacent to an activating group) is 1. The number of ether oxygens (including phenoxy) is 1. The molecule has 0 aliphatic heterocycles. The van der Waals surface area contributed by atoms with Gasteiger partial charge in [-0.2, -0.15) is 0 Å². The number of benzene rings is 1. The van der Waals surface area contributed by atoms with Gasteiger partial charge < -0.3 is 10.1 Å². The van der Waals surface area contributed by atoms with Crippen LogP contribution in [0.1, 0.15) is 24.5 Å². The summed E-state index contributed by atoms with van der Waals surface area (Å²) in [6, 6.07) is 8.99. The molecule has 0 heterocycles. The molecular formula is C16H28N2O. The minimum atomic E-state index is 0.413. The van der Waals surface area contributed by atoms with Gasteiger partial charge in [0, 0.05) is 26.2 Å². The molecule has 1 atom stereocenters. The molecule has 0 spiro atoms. The molecule has 3 nitrogen and oxygen atoms in total. The quantitative estimate of drug-likeness (QED) is 0.693. The molecule has 1 rings (SSSR count). The molecule has 0 bridgehead atoms. The fourth-order valence-electron chi connectivity index (χ4n) is 2.17. The van der Waals surface area contributed by atoms with Gasteiger partial charge in [0.25, 0.3) is 0 Å². The zero-order valence-electron chi connectivity index (χ0n) is 12.8. The summed E-state index contributed by atoms with van der Waals surface area (Å²) < 4.78 is 5.34. The summed E-state index contributed by atoms with van der Waals surface area (Å²) in [5.74, 6) is 0. The monoisotopic (exact) mass is 264 g/mol. The van der Waals surface area contributed by atoms with Crippen molar-refractivity contribution in [2.24, 2.45) is 0 Å². The van der Waals surface area contributed by atoms with Crippen LogP contribution < -0.4 is 5.32 Å². The molecular weight excluding hydrogens is 236 g/mol. The SMILES string of the molecule is CCCNCC(COC)N(C)Cc1ccccc1C. The van der Waals surface area contributed by atoms with Crippen LogP contribution in [-0.2, 0) is 11.3 Å². The molecule has 0 aliphatic carbocycles. The predicted molar refractivity (Wildman–Crippen MR) is 81.5 cm³/mol. The summed E-state index contributed by atoms with van der Waals surface area (Å²) in [5.41, 5.74) is 2.74. The Morgan fingerprint density at radius 1 is 1.32 bits per heavy atom. The van der Waals surface area contributed by atoms with Crippen molar-refractivity contribution in [1.29, 1.82) is 0 Å². The van der Waals surface area contributed by atoms with Crippen molar-refractivity contribution in [3.63, 3.8) is 0 Å². The molecule has 0 aliphatic rings. The van der Waals surface area contributed by atoms with E-state index in [0.717, 1.165) is 26.2 Å². The van der Waals surface area contributed by atoms with E-state index in [1.54, 1.807) is 7.11 Å².